The predicted molar refractivity (Wildman–Crippen MR) is 147 cm³/mol. The Hall–Kier alpha value is -3.99. The van der Waals surface area contributed by atoms with E-state index in [2.05, 4.69) is 50.6 Å². The Balaban J connectivity index is 0.000000348. The van der Waals surface area contributed by atoms with Crippen LogP contribution >= 0.6 is 0 Å². The van der Waals surface area contributed by atoms with Gasteiger partial charge < -0.3 is 15.5 Å². The highest BCUT2D eigenvalue weighted by molar-refractivity contribution is 6.04. The first-order valence-corrected chi connectivity index (χ1v) is 12.8. The molecule has 7 nitrogen and oxygen atoms in total. The van der Waals surface area contributed by atoms with Crippen molar-refractivity contribution in [2.45, 2.75) is 26.2 Å². The number of nitrogens with zero attached hydrogens (tertiary/aromatic N) is 4. The molecule has 0 atom stereocenters. The van der Waals surface area contributed by atoms with Crippen molar-refractivity contribution in [2.24, 2.45) is 0 Å². The van der Waals surface area contributed by atoms with E-state index in [1.165, 1.54) is 30.6 Å². The van der Waals surface area contributed by atoms with Gasteiger partial charge in [-0.2, -0.15) is 5.10 Å². The lowest BCUT2D eigenvalue weighted by atomic mass is 10.1. The number of hydrogen-bond donors (Lipinski definition) is 2. The number of fused-ring (bicyclic) bond motifs is 2. The van der Waals surface area contributed by atoms with Gasteiger partial charge in [0.15, 0.2) is 5.65 Å². The quantitative estimate of drug-likeness (QED) is 0.418. The van der Waals surface area contributed by atoms with Gasteiger partial charge in [-0.05, 0) is 92.2 Å². The Bertz CT molecular complexity index is 1470. The molecule has 1 saturated heterocycles. The molecule has 188 valence electrons. The van der Waals surface area contributed by atoms with Gasteiger partial charge in [0.25, 0.3) is 5.91 Å². The van der Waals surface area contributed by atoms with E-state index in [9.17, 15) is 4.79 Å². The summed E-state index contributed by atoms with van der Waals surface area (Å²) in [6, 6.07) is 15.5. The number of amides is 1. The molecule has 0 radical (unpaired) electrons. The number of imidazole rings is 1. The minimum atomic E-state index is -0.0987. The lowest BCUT2D eigenvalue weighted by Gasteiger charge is -2.21. The monoisotopic (exact) mass is 492 g/mol. The number of aromatic nitrogens is 3. The summed E-state index contributed by atoms with van der Waals surface area (Å²) in [6.07, 6.45) is 6.75. The second kappa shape index (κ2) is 11.4. The van der Waals surface area contributed by atoms with Crippen LogP contribution < -0.4 is 10.6 Å². The summed E-state index contributed by atoms with van der Waals surface area (Å²) in [5, 5.41) is 10.6. The van der Waals surface area contributed by atoms with E-state index >= 15 is 0 Å². The van der Waals surface area contributed by atoms with Crippen LogP contribution in [0.3, 0.4) is 0 Å². The number of carbonyl (C=O) groups is 1. The summed E-state index contributed by atoms with van der Waals surface area (Å²) in [4.78, 5) is 19.4. The maximum Gasteiger partial charge on any atom is 0.255 e. The van der Waals surface area contributed by atoms with E-state index in [1.807, 2.05) is 49.4 Å². The molecule has 2 N–H and O–H groups in total. The number of carbonyl (C=O) groups excluding carboxylic acids is 1. The summed E-state index contributed by atoms with van der Waals surface area (Å²) in [5.41, 5.74) is 7.45. The second-order valence-corrected chi connectivity index (χ2v) is 9.56. The van der Waals surface area contributed by atoms with Crippen LogP contribution in [-0.2, 0) is 12.8 Å². The third-order valence-electron chi connectivity index (χ3n) is 6.80. The van der Waals surface area contributed by atoms with Crippen LogP contribution in [0, 0.1) is 18.8 Å². The SMILES string of the molecule is CN1CCNCC1.Cc1ccc(NC(=O)c2ccc3c(c2)CCC3)cc1C#Cc1cnc2cccnn12. The van der Waals surface area contributed by atoms with Gasteiger partial charge in [-0.3, -0.25) is 4.79 Å². The van der Waals surface area contributed by atoms with Gasteiger partial charge in [-0.25, -0.2) is 9.50 Å². The van der Waals surface area contributed by atoms with Gasteiger partial charge in [0.05, 0.1) is 6.20 Å². The fourth-order valence-corrected chi connectivity index (χ4v) is 4.57. The molecular weight excluding hydrogens is 460 g/mol. The molecule has 37 heavy (non-hydrogen) atoms. The van der Waals surface area contributed by atoms with Crippen LogP contribution in [0.4, 0.5) is 5.69 Å². The van der Waals surface area contributed by atoms with Crippen molar-refractivity contribution in [1.82, 2.24) is 24.8 Å². The molecule has 4 aromatic rings. The average molecular weight is 493 g/mol. The van der Waals surface area contributed by atoms with E-state index in [1.54, 1.807) is 16.9 Å². The van der Waals surface area contributed by atoms with Crippen molar-refractivity contribution >= 4 is 17.2 Å². The number of piperazine rings is 1. The molecule has 0 saturated carbocycles. The van der Waals surface area contributed by atoms with Crippen molar-refractivity contribution in [3.05, 3.63) is 94.4 Å². The van der Waals surface area contributed by atoms with Gasteiger partial charge in [0.2, 0.25) is 0 Å². The largest absolute Gasteiger partial charge is 0.322 e. The topological polar surface area (TPSA) is 74.6 Å². The smallest absolute Gasteiger partial charge is 0.255 e. The predicted octanol–water partition coefficient (Wildman–Crippen LogP) is 3.70. The van der Waals surface area contributed by atoms with Crippen molar-refractivity contribution in [3.63, 3.8) is 0 Å². The Labute approximate surface area is 217 Å². The summed E-state index contributed by atoms with van der Waals surface area (Å²) in [6.45, 7) is 6.75. The van der Waals surface area contributed by atoms with E-state index < -0.39 is 0 Å². The van der Waals surface area contributed by atoms with E-state index in [0.29, 0.717) is 5.56 Å². The summed E-state index contributed by atoms with van der Waals surface area (Å²) < 4.78 is 1.71. The zero-order valence-corrected chi connectivity index (χ0v) is 21.4. The molecular formula is C30H32N6O. The minimum Gasteiger partial charge on any atom is -0.322 e. The lowest BCUT2D eigenvalue weighted by molar-refractivity contribution is 0.102. The number of hydrogen-bond acceptors (Lipinski definition) is 5. The number of aryl methyl sites for hydroxylation is 3. The van der Waals surface area contributed by atoms with Crippen molar-refractivity contribution in [2.75, 3.05) is 38.5 Å². The van der Waals surface area contributed by atoms with Crippen LogP contribution in [0.1, 0.15) is 44.7 Å². The Kier molecular flexibility index (Phi) is 7.59. The molecule has 1 fully saturated rings. The zero-order chi connectivity index (χ0) is 25.6. The van der Waals surface area contributed by atoms with Crippen LogP contribution in [0.5, 0.6) is 0 Å². The summed E-state index contributed by atoms with van der Waals surface area (Å²) in [5.74, 6) is 6.23. The van der Waals surface area contributed by atoms with E-state index in [-0.39, 0.29) is 5.91 Å². The third kappa shape index (κ3) is 6.05. The number of nitrogens with one attached hydrogen (secondary N) is 2. The number of likely N-dealkylation sites (N-methyl/N-ethyl adjacent to an activating group) is 1. The van der Waals surface area contributed by atoms with Crippen molar-refractivity contribution in [3.8, 4) is 11.8 Å². The Morgan fingerprint density at radius 3 is 2.68 bits per heavy atom. The van der Waals surface area contributed by atoms with Crippen molar-refractivity contribution in [1.29, 1.82) is 0 Å². The van der Waals surface area contributed by atoms with Crippen LogP contribution in [0.2, 0.25) is 0 Å². The van der Waals surface area contributed by atoms with Gasteiger partial charge in [0, 0.05) is 49.2 Å². The van der Waals surface area contributed by atoms with Gasteiger partial charge >= 0.3 is 0 Å². The molecule has 1 aliphatic carbocycles. The molecule has 2 aliphatic rings. The minimum absolute atomic E-state index is 0.0987. The standard InChI is InChI=1S/C25H20N4O.C5H12N2/c1-17-7-11-22(28-25(30)21-9-8-18-4-2-5-20(18)14-21)15-19(17)10-12-23-16-26-24-6-3-13-27-29(23)24;1-7-4-2-6-3-5-7/h3,6-9,11,13-16H,2,4-5H2,1H3,(H,28,30);6H,2-5H2,1H3. The Morgan fingerprint density at radius 1 is 1.03 bits per heavy atom. The van der Waals surface area contributed by atoms with Crippen LogP contribution in [0.25, 0.3) is 5.65 Å². The van der Waals surface area contributed by atoms with Gasteiger partial charge in [-0.1, -0.05) is 18.1 Å². The highest BCUT2D eigenvalue weighted by Gasteiger charge is 2.14. The molecule has 0 spiro atoms. The van der Waals surface area contributed by atoms with Crippen LogP contribution in [-0.4, -0.2) is 58.6 Å². The van der Waals surface area contributed by atoms with Crippen molar-refractivity contribution < 1.29 is 4.79 Å². The normalized spacial score (nSPS) is 14.8. The molecule has 0 bridgehead atoms. The van der Waals surface area contributed by atoms with Gasteiger partial charge in [0.1, 0.15) is 5.69 Å². The molecule has 1 amide bonds. The first-order valence-electron chi connectivity index (χ1n) is 12.8. The maximum absolute atomic E-state index is 12.7. The van der Waals surface area contributed by atoms with E-state index in [4.69, 9.17) is 0 Å². The zero-order valence-electron chi connectivity index (χ0n) is 21.4. The Morgan fingerprint density at radius 2 is 1.86 bits per heavy atom. The number of anilines is 1. The van der Waals surface area contributed by atoms with E-state index in [0.717, 1.165) is 54.1 Å². The van der Waals surface area contributed by atoms with Gasteiger partial charge in [-0.15, -0.1) is 0 Å². The highest BCUT2D eigenvalue weighted by Crippen LogP contribution is 2.23. The molecule has 1 aliphatic heterocycles. The van der Waals surface area contributed by atoms with Crippen LogP contribution in [0.15, 0.2) is 60.9 Å². The summed E-state index contributed by atoms with van der Waals surface area (Å²) in [7, 11) is 2.15. The molecule has 3 heterocycles. The second-order valence-electron chi connectivity index (χ2n) is 9.56. The highest BCUT2D eigenvalue weighted by atomic mass is 16.1. The third-order valence-corrected chi connectivity index (χ3v) is 6.80. The molecule has 6 rings (SSSR count). The lowest BCUT2D eigenvalue weighted by Crippen LogP contribution is -2.40. The summed E-state index contributed by atoms with van der Waals surface area (Å²) >= 11 is 0. The average Bonchev–Trinajstić information content (AvgIpc) is 3.56. The molecule has 7 heteroatoms. The molecule has 2 aromatic carbocycles. The first-order chi connectivity index (χ1) is 18.1. The fourth-order valence-electron chi connectivity index (χ4n) is 4.57. The number of benzene rings is 2. The molecule has 2 aromatic heterocycles. The fraction of sp³-hybridized carbons (Fsp3) is 0.300. The maximum atomic E-state index is 12.7. The first kappa shape index (κ1) is 24.7. The molecule has 0 unspecified atom stereocenters. The number of rotatable bonds is 2.